The van der Waals surface area contributed by atoms with E-state index in [0.717, 1.165) is 6.42 Å². The fourth-order valence-electron chi connectivity index (χ4n) is 1.87. The Hall–Kier alpha value is -1.84. The number of benzene rings is 1. The molecular formula is C10H9N3O. The number of hydrogen-bond acceptors (Lipinski definition) is 4. The van der Waals surface area contributed by atoms with E-state index in [1.54, 1.807) is 0 Å². The zero-order valence-corrected chi connectivity index (χ0v) is 7.47. The molecule has 0 aliphatic heterocycles. The highest BCUT2D eigenvalue weighted by Gasteiger charge is 2.31. The van der Waals surface area contributed by atoms with Crippen LogP contribution in [0.15, 0.2) is 28.7 Å². The van der Waals surface area contributed by atoms with E-state index >= 15 is 0 Å². The Kier molecular flexibility index (Phi) is 1.39. The Morgan fingerprint density at radius 2 is 2.14 bits per heavy atom. The van der Waals surface area contributed by atoms with Crippen molar-refractivity contribution in [1.29, 1.82) is 0 Å². The highest BCUT2D eigenvalue weighted by molar-refractivity contribution is 5.43. The third-order valence-corrected chi connectivity index (χ3v) is 2.61. The number of nitrogens with two attached hydrogens (primary N) is 1. The van der Waals surface area contributed by atoms with Crippen molar-refractivity contribution >= 4 is 6.01 Å². The molecule has 4 nitrogen and oxygen atoms in total. The second-order valence-electron chi connectivity index (χ2n) is 3.43. The molecule has 4 heteroatoms. The van der Waals surface area contributed by atoms with Gasteiger partial charge in [0.25, 0.3) is 0 Å². The van der Waals surface area contributed by atoms with Crippen LogP contribution in [-0.4, -0.2) is 10.2 Å². The molecule has 1 aliphatic carbocycles. The predicted octanol–water partition coefficient (Wildman–Crippen LogP) is 1.34. The Morgan fingerprint density at radius 1 is 1.29 bits per heavy atom. The van der Waals surface area contributed by atoms with Crippen molar-refractivity contribution in [2.75, 3.05) is 5.73 Å². The number of anilines is 1. The van der Waals surface area contributed by atoms with E-state index in [4.69, 9.17) is 10.2 Å². The SMILES string of the molecule is Nc1nnc(C2Cc3ccccc32)o1. The molecule has 1 aromatic heterocycles. The molecule has 1 heterocycles. The lowest BCUT2D eigenvalue weighted by atomic mass is 9.78. The Morgan fingerprint density at radius 3 is 2.86 bits per heavy atom. The first-order chi connectivity index (χ1) is 6.84. The van der Waals surface area contributed by atoms with Crippen LogP contribution < -0.4 is 5.73 Å². The summed E-state index contributed by atoms with van der Waals surface area (Å²) in [5.74, 6) is 0.872. The molecule has 0 saturated carbocycles. The average Bonchev–Trinajstić information content (AvgIpc) is 2.54. The van der Waals surface area contributed by atoms with Gasteiger partial charge in [0.2, 0.25) is 5.89 Å². The maximum atomic E-state index is 5.37. The number of fused-ring (bicyclic) bond motifs is 1. The summed E-state index contributed by atoms with van der Waals surface area (Å²) in [6, 6.07) is 8.40. The molecule has 0 radical (unpaired) electrons. The van der Waals surface area contributed by atoms with Crippen LogP contribution in [-0.2, 0) is 6.42 Å². The average molecular weight is 187 g/mol. The summed E-state index contributed by atoms with van der Waals surface area (Å²) in [5, 5.41) is 7.55. The van der Waals surface area contributed by atoms with Crippen LogP contribution in [0.25, 0.3) is 0 Å². The zero-order chi connectivity index (χ0) is 9.54. The third-order valence-electron chi connectivity index (χ3n) is 2.61. The first-order valence-electron chi connectivity index (χ1n) is 4.51. The topological polar surface area (TPSA) is 64.9 Å². The van der Waals surface area contributed by atoms with Gasteiger partial charge in [-0.2, -0.15) is 0 Å². The van der Waals surface area contributed by atoms with Crippen LogP contribution in [0.1, 0.15) is 22.9 Å². The van der Waals surface area contributed by atoms with Gasteiger partial charge in [-0.3, -0.25) is 0 Å². The van der Waals surface area contributed by atoms with E-state index in [9.17, 15) is 0 Å². The monoisotopic (exact) mass is 187 g/mol. The summed E-state index contributed by atoms with van der Waals surface area (Å²) < 4.78 is 5.20. The van der Waals surface area contributed by atoms with Gasteiger partial charge >= 0.3 is 6.01 Å². The highest BCUT2D eigenvalue weighted by atomic mass is 16.4. The summed E-state index contributed by atoms with van der Waals surface area (Å²) in [6.07, 6.45) is 0.970. The van der Waals surface area contributed by atoms with E-state index in [1.807, 2.05) is 12.1 Å². The molecule has 3 rings (SSSR count). The van der Waals surface area contributed by atoms with Crippen molar-refractivity contribution in [1.82, 2.24) is 10.2 Å². The molecule has 0 fully saturated rings. The van der Waals surface area contributed by atoms with E-state index < -0.39 is 0 Å². The number of hydrogen-bond donors (Lipinski definition) is 1. The summed E-state index contributed by atoms with van der Waals surface area (Å²) >= 11 is 0. The van der Waals surface area contributed by atoms with E-state index in [0.29, 0.717) is 5.89 Å². The molecule has 0 amide bonds. The number of aromatic nitrogens is 2. The second-order valence-corrected chi connectivity index (χ2v) is 3.43. The molecule has 0 saturated heterocycles. The van der Waals surface area contributed by atoms with Gasteiger partial charge < -0.3 is 10.2 Å². The lowest BCUT2D eigenvalue weighted by molar-refractivity contribution is 0.462. The van der Waals surface area contributed by atoms with Crippen LogP contribution in [0.4, 0.5) is 6.01 Å². The Balaban J connectivity index is 1.99. The Labute approximate surface area is 80.8 Å². The summed E-state index contributed by atoms with van der Waals surface area (Å²) in [4.78, 5) is 0. The number of nitrogen functional groups attached to an aromatic ring is 1. The lowest BCUT2D eigenvalue weighted by Gasteiger charge is -2.26. The highest BCUT2D eigenvalue weighted by Crippen LogP contribution is 2.39. The van der Waals surface area contributed by atoms with Crippen molar-refractivity contribution in [3.63, 3.8) is 0 Å². The van der Waals surface area contributed by atoms with Crippen molar-refractivity contribution in [2.45, 2.75) is 12.3 Å². The normalized spacial score (nSPS) is 18.7. The van der Waals surface area contributed by atoms with Gasteiger partial charge in [-0.15, -0.1) is 5.10 Å². The van der Waals surface area contributed by atoms with Crippen molar-refractivity contribution in [3.8, 4) is 0 Å². The maximum absolute atomic E-state index is 5.37. The summed E-state index contributed by atoms with van der Waals surface area (Å²) in [6.45, 7) is 0. The van der Waals surface area contributed by atoms with Crippen LogP contribution in [0.3, 0.4) is 0 Å². The van der Waals surface area contributed by atoms with Crippen LogP contribution in [0.2, 0.25) is 0 Å². The summed E-state index contributed by atoms with van der Waals surface area (Å²) in [5.41, 5.74) is 8.00. The number of nitrogens with zero attached hydrogens (tertiary/aromatic N) is 2. The van der Waals surface area contributed by atoms with Gasteiger partial charge in [-0.05, 0) is 17.5 Å². The first-order valence-corrected chi connectivity index (χ1v) is 4.51. The molecule has 0 bridgehead atoms. The minimum absolute atomic E-state index is 0.143. The molecule has 1 aromatic carbocycles. The third kappa shape index (κ3) is 0.937. The Bertz CT molecular complexity index is 478. The fourth-order valence-corrected chi connectivity index (χ4v) is 1.87. The quantitative estimate of drug-likeness (QED) is 0.731. The molecule has 1 unspecified atom stereocenters. The minimum atomic E-state index is 0.143. The second kappa shape index (κ2) is 2.57. The predicted molar refractivity (Wildman–Crippen MR) is 50.7 cm³/mol. The van der Waals surface area contributed by atoms with Gasteiger partial charge in [0, 0.05) is 0 Å². The first kappa shape index (κ1) is 7.55. The standard InChI is InChI=1S/C10H9N3O/c11-10-13-12-9(14-10)8-5-6-3-1-2-4-7(6)8/h1-4,8H,5H2,(H2,11,13). The van der Waals surface area contributed by atoms with Crippen molar-refractivity contribution in [3.05, 3.63) is 41.3 Å². The fraction of sp³-hybridized carbons (Fsp3) is 0.200. The molecular weight excluding hydrogens is 178 g/mol. The smallest absolute Gasteiger partial charge is 0.312 e. The van der Waals surface area contributed by atoms with Gasteiger partial charge in [-0.1, -0.05) is 29.4 Å². The van der Waals surface area contributed by atoms with Crippen molar-refractivity contribution in [2.24, 2.45) is 0 Å². The lowest BCUT2D eigenvalue weighted by Crippen LogP contribution is -2.18. The van der Waals surface area contributed by atoms with Crippen LogP contribution >= 0.6 is 0 Å². The molecule has 1 aliphatic rings. The maximum Gasteiger partial charge on any atom is 0.312 e. The van der Waals surface area contributed by atoms with Gasteiger partial charge in [0.05, 0.1) is 5.92 Å². The van der Waals surface area contributed by atoms with Gasteiger partial charge in [0.15, 0.2) is 0 Å². The van der Waals surface area contributed by atoms with Crippen LogP contribution in [0.5, 0.6) is 0 Å². The molecule has 1 atom stereocenters. The zero-order valence-electron chi connectivity index (χ0n) is 7.47. The minimum Gasteiger partial charge on any atom is -0.408 e. The number of rotatable bonds is 1. The molecule has 2 aromatic rings. The van der Waals surface area contributed by atoms with Gasteiger partial charge in [0.1, 0.15) is 0 Å². The largest absolute Gasteiger partial charge is 0.408 e. The van der Waals surface area contributed by atoms with E-state index in [1.165, 1.54) is 11.1 Å². The summed E-state index contributed by atoms with van der Waals surface area (Å²) in [7, 11) is 0. The van der Waals surface area contributed by atoms with E-state index in [-0.39, 0.29) is 11.9 Å². The van der Waals surface area contributed by atoms with Crippen LogP contribution in [0, 0.1) is 0 Å². The van der Waals surface area contributed by atoms with Crippen molar-refractivity contribution < 1.29 is 4.42 Å². The van der Waals surface area contributed by atoms with Gasteiger partial charge in [-0.25, -0.2) is 0 Å². The molecule has 70 valence electrons. The molecule has 0 spiro atoms. The molecule has 14 heavy (non-hydrogen) atoms. The van der Waals surface area contributed by atoms with E-state index in [2.05, 4.69) is 22.3 Å². The molecule has 2 N–H and O–H groups in total.